The molecule has 0 amide bonds. The number of benzene rings is 2. The van der Waals surface area contributed by atoms with Gasteiger partial charge in [0, 0.05) is 16.2 Å². The van der Waals surface area contributed by atoms with Crippen LogP contribution in [0.3, 0.4) is 0 Å². The number of nitrogens with one attached hydrogen (secondary N) is 1. The number of aromatic amines is 1. The Hall–Kier alpha value is -2.88. The maximum atomic E-state index is 12.8. The summed E-state index contributed by atoms with van der Waals surface area (Å²) in [5.74, 6) is 0.638. The van der Waals surface area contributed by atoms with E-state index in [9.17, 15) is 4.79 Å². The quantitative estimate of drug-likeness (QED) is 0.364. The van der Waals surface area contributed by atoms with Crippen LogP contribution < -0.4 is 5.56 Å². The second-order valence-corrected chi connectivity index (χ2v) is 8.72. The zero-order valence-corrected chi connectivity index (χ0v) is 17.1. The van der Waals surface area contributed by atoms with Gasteiger partial charge in [-0.2, -0.15) is 5.26 Å². The first-order valence-corrected chi connectivity index (χ1v) is 10.6. The van der Waals surface area contributed by atoms with Crippen molar-refractivity contribution in [2.75, 3.05) is 0 Å². The minimum absolute atomic E-state index is 0.113. The normalized spacial score (nSPS) is 10.9. The van der Waals surface area contributed by atoms with Gasteiger partial charge in [0.15, 0.2) is 5.16 Å². The number of hydrogen-bond donors (Lipinski definition) is 1. The van der Waals surface area contributed by atoms with Crippen LogP contribution in [0, 0.1) is 25.2 Å². The van der Waals surface area contributed by atoms with Gasteiger partial charge < -0.3 is 4.98 Å². The fourth-order valence-electron chi connectivity index (χ4n) is 3.12. The lowest BCUT2D eigenvalue weighted by molar-refractivity contribution is 0.980. The van der Waals surface area contributed by atoms with Gasteiger partial charge in [0.2, 0.25) is 0 Å². The molecular weight excluding hydrogens is 386 g/mol. The molecule has 0 aliphatic rings. The molecule has 0 aliphatic heterocycles. The number of nitriles is 1. The van der Waals surface area contributed by atoms with Crippen molar-refractivity contribution in [2.24, 2.45) is 0 Å². The zero-order chi connectivity index (χ0) is 19.7. The van der Waals surface area contributed by atoms with Gasteiger partial charge in [-0.3, -0.25) is 4.79 Å². The number of thioether (sulfide) groups is 1. The fourth-order valence-corrected chi connectivity index (χ4v) is 5.02. The van der Waals surface area contributed by atoms with E-state index in [2.05, 4.69) is 28.2 Å². The number of nitrogens with zero attached hydrogens (tertiary/aromatic N) is 2. The van der Waals surface area contributed by atoms with E-state index in [-0.39, 0.29) is 5.56 Å². The van der Waals surface area contributed by atoms with E-state index in [1.54, 1.807) is 17.4 Å². The molecule has 0 bridgehead atoms. The van der Waals surface area contributed by atoms with Gasteiger partial charge in [0.1, 0.15) is 4.83 Å². The summed E-state index contributed by atoms with van der Waals surface area (Å²) in [6, 6.07) is 17.8. The summed E-state index contributed by atoms with van der Waals surface area (Å²) in [6.07, 6.45) is 0. The number of rotatable bonds is 4. The van der Waals surface area contributed by atoms with Gasteiger partial charge in [-0.15, -0.1) is 11.3 Å². The third-order valence-electron chi connectivity index (χ3n) is 4.49. The lowest BCUT2D eigenvalue weighted by Crippen LogP contribution is -2.08. The molecule has 0 unspecified atom stereocenters. The molecule has 4 rings (SSSR count). The second-order valence-electron chi connectivity index (χ2n) is 6.55. The second kappa shape index (κ2) is 7.63. The summed E-state index contributed by atoms with van der Waals surface area (Å²) in [5.41, 5.74) is 4.73. The van der Waals surface area contributed by atoms with E-state index in [4.69, 9.17) is 5.26 Å². The smallest absolute Gasteiger partial charge is 0.260 e. The molecule has 2 aromatic heterocycles. The van der Waals surface area contributed by atoms with Crippen molar-refractivity contribution in [3.05, 3.63) is 80.5 Å². The molecule has 138 valence electrons. The molecular formula is C22H17N3OS2. The average Bonchev–Trinajstić information content (AvgIpc) is 3.03. The number of aromatic nitrogens is 2. The monoisotopic (exact) mass is 403 g/mol. The van der Waals surface area contributed by atoms with Crippen LogP contribution in [-0.4, -0.2) is 9.97 Å². The van der Waals surface area contributed by atoms with E-state index >= 15 is 0 Å². The van der Waals surface area contributed by atoms with Crippen LogP contribution >= 0.6 is 23.1 Å². The SMILES string of the molecule is Cc1ccc(-c2c(C)sc3nc(SCc4cccc(C#N)c4)[nH]c(=O)c23)cc1. The molecule has 2 aromatic carbocycles. The van der Waals surface area contributed by atoms with Crippen LogP contribution in [0.2, 0.25) is 0 Å². The van der Waals surface area contributed by atoms with E-state index < -0.39 is 0 Å². The number of aryl methyl sites for hydroxylation is 2. The molecule has 0 fully saturated rings. The Balaban J connectivity index is 1.69. The first-order chi connectivity index (χ1) is 13.5. The van der Waals surface area contributed by atoms with Crippen molar-refractivity contribution >= 4 is 33.3 Å². The average molecular weight is 404 g/mol. The van der Waals surface area contributed by atoms with Crippen molar-refractivity contribution < 1.29 is 0 Å². The summed E-state index contributed by atoms with van der Waals surface area (Å²) in [6.45, 7) is 4.08. The van der Waals surface area contributed by atoms with Gasteiger partial charge in [0.25, 0.3) is 5.56 Å². The van der Waals surface area contributed by atoms with E-state index in [1.807, 2.05) is 44.2 Å². The van der Waals surface area contributed by atoms with Gasteiger partial charge in [-0.1, -0.05) is 53.7 Å². The van der Waals surface area contributed by atoms with Crippen LogP contribution in [0.5, 0.6) is 0 Å². The maximum Gasteiger partial charge on any atom is 0.260 e. The molecule has 6 heteroatoms. The molecule has 28 heavy (non-hydrogen) atoms. The Morgan fingerprint density at radius 2 is 1.96 bits per heavy atom. The third kappa shape index (κ3) is 3.59. The fraction of sp³-hybridized carbons (Fsp3) is 0.136. The minimum atomic E-state index is -0.113. The molecule has 1 N–H and O–H groups in total. The molecule has 4 nitrogen and oxygen atoms in total. The first-order valence-electron chi connectivity index (χ1n) is 8.77. The van der Waals surface area contributed by atoms with Crippen LogP contribution in [-0.2, 0) is 5.75 Å². The highest BCUT2D eigenvalue weighted by Crippen LogP contribution is 2.36. The summed E-state index contributed by atoms with van der Waals surface area (Å²) in [5, 5.41) is 10.3. The van der Waals surface area contributed by atoms with Gasteiger partial charge >= 0.3 is 0 Å². The Morgan fingerprint density at radius 3 is 2.71 bits per heavy atom. The highest BCUT2D eigenvalue weighted by Gasteiger charge is 2.16. The Bertz CT molecular complexity index is 1260. The molecule has 0 radical (unpaired) electrons. The van der Waals surface area contributed by atoms with Gasteiger partial charge in [-0.25, -0.2) is 4.98 Å². The van der Waals surface area contributed by atoms with Gasteiger partial charge in [-0.05, 0) is 37.1 Å². The molecule has 4 aromatic rings. The Labute approximate surface area is 170 Å². The molecule has 0 saturated heterocycles. The van der Waals surface area contributed by atoms with Crippen molar-refractivity contribution in [3.8, 4) is 17.2 Å². The topological polar surface area (TPSA) is 69.5 Å². The summed E-state index contributed by atoms with van der Waals surface area (Å²) >= 11 is 3.01. The largest absolute Gasteiger partial charge is 0.301 e. The van der Waals surface area contributed by atoms with Crippen LogP contribution in [0.4, 0.5) is 0 Å². The number of thiophene rings is 1. The molecule has 0 atom stereocenters. The van der Waals surface area contributed by atoms with Crippen LogP contribution in [0.25, 0.3) is 21.3 Å². The molecule has 0 aliphatic carbocycles. The summed E-state index contributed by atoms with van der Waals surface area (Å²) < 4.78 is 0. The molecule has 0 spiro atoms. The Morgan fingerprint density at radius 1 is 1.18 bits per heavy atom. The van der Waals surface area contributed by atoms with E-state index in [1.165, 1.54) is 17.3 Å². The van der Waals surface area contributed by atoms with E-state index in [0.29, 0.717) is 21.9 Å². The number of H-pyrrole nitrogens is 1. The highest BCUT2D eigenvalue weighted by atomic mass is 32.2. The molecule has 2 heterocycles. The predicted molar refractivity (Wildman–Crippen MR) is 116 cm³/mol. The van der Waals surface area contributed by atoms with Crippen LogP contribution in [0.15, 0.2) is 58.5 Å². The third-order valence-corrected chi connectivity index (χ3v) is 6.43. The lowest BCUT2D eigenvalue weighted by atomic mass is 10.0. The Kier molecular flexibility index (Phi) is 5.03. The zero-order valence-electron chi connectivity index (χ0n) is 15.4. The summed E-state index contributed by atoms with van der Waals surface area (Å²) in [4.78, 5) is 22.3. The standard InChI is InChI=1S/C22H17N3OS2/c1-13-6-8-17(9-7-13)18-14(2)28-21-19(18)20(26)24-22(25-21)27-12-16-5-3-4-15(10-16)11-23/h3-10H,12H2,1-2H3,(H,24,25,26). The molecule has 0 saturated carbocycles. The first kappa shape index (κ1) is 18.5. The maximum absolute atomic E-state index is 12.8. The van der Waals surface area contributed by atoms with E-state index in [0.717, 1.165) is 26.4 Å². The number of hydrogen-bond acceptors (Lipinski definition) is 5. The summed E-state index contributed by atoms with van der Waals surface area (Å²) in [7, 11) is 0. The minimum Gasteiger partial charge on any atom is -0.301 e. The van der Waals surface area contributed by atoms with Crippen molar-refractivity contribution in [1.29, 1.82) is 5.26 Å². The van der Waals surface area contributed by atoms with Crippen molar-refractivity contribution in [3.63, 3.8) is 0 Å². The predicted octanol–water partition coefficient (Wildman–Crippen LogP) is 5.43. The highest BCUT2D eigenvalue weighted by molar-refractivity contribution is 7.98. The number of fused-ring (bicyclic) bond motifs is 1. The van der Waals surface area contributed by atoms with Gasteiger partial charge in [0.05, 0.1) is 17.0 Å². The van der Waals surface area contributed by atoms with Crippen molar-refractivity contribution in [1.82, 2.24) is 9.97 Å². The lowest BCUT2D eigenvalue weighted by Gasteiger charge is -2.04. The van der Waals surface area contributed by atoms with Crippen molar-refractivity contribution in [2.45, 2.75) is 24.8 Å². The van der Waals surface area contributed by atoms with Crippen LogP contribution in [0.1, 0.15) is 21.6 Å².